The van der Waals surface area contributed by atoms with Crippen molar-refractivity contribution in [3.8, 4) is 5.75 Å². The van der Waals surface area contributed by atoms with Crippen molar-refractivity contribution in [1.82, 2.24) is 15.3 Å². The predicted molar refractivity (Wildman–Crippen MR) is 68.9 cm³/mol. The Morgan fingerprint density at radius 3 is 2.89 bits per heavy atom. The van der Waals surface area contributed by atoms with Gasteiger partial charge in [0.15, 0.2) is 5.75 Å². The SMILES string of the molecule is Cc1ncc(OCCCC(=O)[C@@H]2C[C@@H](O)CN2)cn1. The molecule has 1 aliphatic heterocycles. The third-order valence-electron chi connectivity index (χ3n) is 3.09. The summed E-state index contributed by atoms with van der Waals surface area (Å²) < 4.78 is 5.45. The van der Waals surface area contributed by atoms with E-state index in [0.717, 1.165) is 0 Å². The second-order valence-electron chi connectivity index (χ2n) is 4.73. The number of nitrogens with one attached hydrogen (secondary N) is 1. The number of ketones is 1. The molecule has 0 aromatic carbocycles. The van der Waals surface area contributed by atoms with Gasteiger partial charge in [-0.05, 0) is 19.8 Å². The molecule has 6 nitrogen and oxygen atoms in total. The summed E-state index contributed by atoms with van der Waals surface area (Å²) in [6.45, 7) is 2.78. The molecule has 6 heteroatoms. The van der Waals surface area contributed by atoms with E-state index in [1.165, 1.54) is 0 Å². The number of aliphatic hydroxyl groups is 1. The zero-order valence-corrected chi connectivity index (χ0v) is 11.0. The van der Waals surface area contributed by atoms with Crippen molar-refractivity contribution < 1.29 is 14.6 Å². The van der Waals surface area contributed by atoms with Crippen LogP contribution in [0.1, 0.15) is 25.1 Å². The molecule has 1 aromatic heterocycles. The maximum absolute atomic E-state index is 11.8. The lowest BCUT2D eigenvalue weighted by molar-refractivity contribution is -0.121. The maximum atomic E-state index is 11.8. The summed E-state index contributed by atoms with van der Waals surface area (Å²) in [5.41, 5.74) is 0. The number of rotatable bonds is 6. The standard InChI is InChI=1S/C13H19N3O3/c1-9-14-7-11(8-15-9)19-4-2-3-13(18)12-5-10(17)6-16-12/h7-8,10,12,16-17H,2-6H2,1H3/t10-,12+/m1/s1. The largest absolute Gasteiger partial charge is 0.490 e. The van der Waals surface area contributed by atoms with Crippen molar-refractivity contribution >= 4 is 5.78 Å². The summed E-state index contributed by atoms with van der Waals surface area (Å²) in [7, 11) is 0. The molecule has 2 N–H and O–H groups in total. The van der Waals surface area contributed by atoms with Crippen molar-refractivity contribution in [3.63, 3.8) is 0 Å². The van der Waals surface area contributed by atoms with Crippen LogP contribution in [0.25, 0.3) is 0 Å². The molecule has 2 rings (SSSR count). The van der Waals surface area contributed by atoms with Crippen LogP contribution in [0.4, 0.5) is 0 Å². The average Bonchev–Trinajstić information content (AvgIpc) is 2.83. The number of Topliss-reactive ketones (excluding diaryl/α,β-unsaturated/α-hetero) is 1. The van der Waals surface area contributed by atoms with E-state index in [-0.39, 0.29) is 11.8 Å². The minimum atomic E-state index is -0.394. The van der Waals surface area contributed by atoms with Crippen molar-refractivity contribution in [2.75, 3.05) is 13.2 Å². The Hall–Kier alpha value is -1.53. The number of aromatic nitrogens is 2. The molecule has 0 unspecified atom stereocenters. The molecular weight excluding hydrogens is 246 g/mol. The van der Waals surface area contributed by atoms with Crippen molar-refractivity contribution in [2.45, 2.75) is 38.3 Å². The second-order valence-corrected chi connectivity index (χ2v) is 4.73. The zero-order chi connectivity index (χ0) is 13.7. The van der Waals surface area contributed by atoms with Gasteiger partial charge in [-0.2, -0.15) is 0 Å². The van der Waals surface area contributed by atoms with Gasteiger partial charge in [-0.15, -0.1) is 0 Å². The highest BCUT2D eigenvalue weighted by Crippen LogP contribution is 2.11. The predicted octanol–water partition coefficient (Wildman–Crippen LogP) is 0.236. The Balaban J connectivity index is 1.64. The Bertz CT molecular complexity index is 422. The number of hydrogen-bond acceptors (Lipinski definition) is 6. The van der Waals surface area contributed by atoms with Crippen LogP contribution < -0.4 is 10.1 Å². The second kappa shape index (κ2) is 6.58. The van der Waals surface area contributed by atoms with Gasteiger partial charge in [0, 0.05) is 13.0 Å². The minimum Gasteiger partial charge on any atom is -0.490 e. The van der Waals surface area contributed by atoms with E-state index in [4.69, 9.17) is 4.74 Å². The lowest BCUT2D eigenvalue weighted by Crippen LogP contribution is -2.30. The van der Waals surface area contributed by atoms with Gasteiger partial charge in [0.2, 0.25) is 0 Å². The number of aryl methyl sites for hydroxylation is 1. The van der Waals surface area contributed by atoms with Gasteiger partial charge < -0.3 is 15.2 Å². The number of β-amino-alcohol motifs (C(OH)–C–C–N with tert-alkyl or cyclic N) is 1. The van der Waals surface area contributed by atoms with Crippen molar-refractivity contribution in [1.29, 1.82) is 0 Å². The molecule has 0 radical (unpaired) electrons. The summed E-state index contributed by atoms with van der Waals surface area (Å²) in [6.07, 6.45) is 4.48. The van der Waals surface area contributed by atoms with E-state index in [2.05, 4.69) is 15.3 Å². The number of aliphatic hydroxyl groups excluding tert-OH is 1. The fourth-order valence-corrected chi connectivity index (χ4v) is 2.03. The summed E-state index contributed by atoms with van der Waals surface area (Å²) in [5, 5.41) is 12.3. The van der Waals surface area contributed by atoms with E-state index in [1.54, 1.807) is 12.4 Å². The molecule has 0 saturated carbocycles. The van der Waals surface area contributed by atoms with Gasteiger partial charge in [0.1, 0.15) is 11.6 Å². The Morgan fingerprint density at radius 2 is 2.26 bits per heavy atom. The highest BCUT2D eigenvalue weighted by Gasteiger charge is 2.27. The van der Waals surface area contributed by atoms with Crippen LogP contribution in [0.3, 0.4) is 0 Å². The zero-order valence-electron chi connectivity index (χ0n) is 11.0. The Morgan fingerprint density at radius 1 is 1.53 bits per heavy atom. The van der Waals surface area contributed by atoms with E-state index >= 15 is 0 Å². The van der Waals surface area contributed by atoms with Crippen LogP contribution in [0.2, 0.25) is 0 Å². The molecule has 2 heterocycles. The first-order valence-electron chi connectivity index (χ1n) is 6.51. The molecular formula is C13H19N3O3. The van der Waals surface area contributed by atoms with Gasteiger partial charge >= 0.3 is 0 Å². The third-order valence-corrected chi connectivity index (χ3v) is 3.09. The molecule has 104 valence electrons. The smallest absolute Gasteiger partial charge is 0.155 e. The highest BCUT2D eigenvalue weighted by molar-refractivity contribution is 5.84. The average molecular weight is 265 g/mol. The van der Waals surface area contributed by atoms with Crippen molar-refractivity contribution in [3.05, 3.63) is 18.2 Å². The number of nitrogens with zero attached hydrogens (tertiary/aromatic N) is 2. The van der Waals surface area contributed by atoms with Crippen LogP contribution in [-0.2, 0) is 4.79 Å². The van der Waals surface area contributed by atoms with E-state index < -0.39 is 6.10 Å². The van der Waals surface area contributed by atoms with Gasteiger partial charge in [-0.25, -0.2) is 9.97 Å². The lowest BCUT2D eigenvalue weighted by Gasteiger charge is -2.09. The summed E-state index contributed by atoms with van der Waals surface area (Å²) in [5.74, 6) is 1.46. The Labute approximate surface area is 112 Å². The maximum Gasteiger partial charge on any atom is 0.155 e. The quantitative estimate of drug-likeness (QED) is 0.717. The highest BCUT2D eigenvalue weighted by atomic mass is 16.5. The van der Waals surface area contributed by atoms with Gasteiger partial charge in [-0.1, -0.05) is 0 Å². The molecule has 0 amide bonds. The number of ether oxygens (including phenoxy) is 1. The van der Waals surface area contributed by atoms with Crippen LogP contribution in [0.5, 0.6) is 5.75 Å². The van der Waals surface area contributed by atoms with Crippen molar-refractivity contribution in [2.24, 2.45) is 0 Å². The molecule has 1 fully saturated rings. The van der Waals surface area contributed by atoms with Crippen LogP contribution in [0, 0.1) is 6.92 Å². The summed E-state index contributed by atoms with van der Waals surface area (Å²) >= 11 is 0. The number of carbonyl (C=O) groups is 1. The van der Waals surface area contributed by atoms with Gasteiger partial charge in [0.05, 0.1) is 31.1 Å². The van der Waals surface area contributed by atoms with Gasteiger partial charge in [0.25, 0.3) is 0 Å². The minimum absolute atomic E-state index is 0.139. The van der Waals surface area contributed by atoms with E-state index in [1.807, 2.05) is 6.92 Å². The van der Waals surface area contributed by atoms with Gasteiger partial charge in [-0.3, -0.25) is 4.79 Å². The molecule has 2 atom stereocenters. The first-order valence-corrected chi connectivity index (χ1v) is 6.51. The first kappa shape index (κ1) is 13.9. The summed E-state index contributed by atoms with van der Waals surface area (Å²) in [4.78, 5) is 19.8. The number of carbonyl (C=O) groups excluding carboxylic acids is 1. The van der Waals surface area contributed by atoms with E-state index in [9.17, 15) is 9.90 Å². The topological polar surface area (TPSA) is 84.3 Å². The molecule has 1 aromatic rings. The molecule has 1 aliphatic rings. The van der Waals surface area contributed by atoms with Crippen LogP contribution in [-0.4, -0.2) is 46.2 Å². The fraction of sp³-hybridized carbons (Fsp3) is 0.615. The first-order chi connectivity index (χ1) is 9.15. The van der Waals surface area contributed by atoms with E-state index in [0.29, 0.717) is 44.0 Å². The monoisotopic (exact) mass is 265 g/mol. The third kappa shape index (κ3) is 4.25. The number of hydrogen-bond donors (Lipinski definition) is 2. The summed E-state index contributed by atoms with van der Waals surface area (Å²) in [6, 6.07) is -0.197. The molecule has 19 heavy (non-hydrogen) atoms. The van der Waals surface area contributed by atoms with Crippen LogP contribution >= 0.6 is 0 Å². The Kier molecular flexibility index (Phi) is 4.81. The fourth-order valence-electron chi connectivity index (χ4n) is 2.03. The van der Waals surface area contributed by atoms with Crippen LogP contribution in [0.15, 0.2) is 12.4 Å². The molecule has 1 saturated heterocycles. The molecule has 0 bridgehead atoms. The molecule has 0 aliphatic carbocycles. The molecule has 0 spiro atoms. The normalized spacial score (nSPS) is 22.4. The lowest BCUT2D eigenvalue weighted by atomic mass is 10.1.